The zero-order valence-electron chi connectivity index (χ0n) is 9.20. The molecule has 0 aromatic heterocycles. The molecule has 0 fully saturated rings. The normalized spacial score (nSPS) is 12.4. The van der Waals surface area contributed by atoms with E-state index in [0.717, 1.165) is 13.5 Å². The monoisotopic (exact) mass is 202 g/mol. The third kappa shape index (κ3) is 4.84. The Hall–Kier alpha value is -1.06. The Morgan fingerprint density at radius 1 is 1.21 bits per heavy atom. The van der Waals surface area contributed by atoms with Gasteiger partial charge in [0.05, 0.1) is 7.11 Å². The van der Waals surface area contributed by atoms with Crippen LogP contribution in [-0.4, -0.2) is 25.2 Å². The maximum Gasteiger partial charge on any atom is 0.417 e. The first-order chi connectivity index (χ1) is 6.51. The molecule has 0 amide bonds. The average molecular weight is 202 g/mol. The molecule has 1 atom stereocenters. The SMILES string of the molecule is CCC(CC(C)C)OC(=O)C(=O)OC. The Bertz CT molecular complexity index is 198. The minimum atomic E-state index is -0.938. The fourth-order valence-corrected chi connectivity index (χ4v) is 1.11. The largest absolute Gasteiger partial charge is 0.461 e. The van der Waals surface area contributed by atoms with Crippen LogP contribution in [-0.2, 0) is 19.1 Å². The van der Waals surface area contributed by atoms with Crippen LogP contribution in [0.4, 0.5) is 0 Å². The third-order valence-electron chi connectivity index (χ3n) is 1.82. The average Bonchev–Trinajstić information content (AvgIpc) is 2.14. The van der Waals surface area contributed by atoms with E-state index in [0.29, 0.717) is 12.3 Å². The maximum absolute atomic E-state index is 11.0. The van der Waals surface area contributed by atoms with Crippen LogP contribution in [0.25, 0.3) is 0 Å². The van der Waals surface area contributed by atoms with E-state index in [-0.39, 0.29) is 6.10 Å². The number of hydrogen-bond donors (Lipinski definition) is 0. The number of esters is 2. The van der Waals surface area contributed by atoms with Crippen molar-refractivity contribution in [3.05, 3.63) is 0 Å². The fraction of sp³-hybridized carbons (Fsp3) is 0.800. The van der Waals surface area contributed by atoms with Gasteiger partial charge in [-0.2, -0.15) is 0 Å². The van der Waals surface area contributed by atoms with Gasteiger partial charge in [-0.05, 0) is 18.8 Å². The van der Waals surface area contributed by atoms with Crippen LogP contribution in [0.2, 0.25) is 0 Å². The van der Waals surface area contributed by atoms with Crippen molar-refractivity contribution in [3.63, 3.8) is 0 Å². The molecule has 0 radical (unpaired) electrons. The molecule has 0 saturated carbocycles. The molecule has 0 aromatic carbocycles. The smallest absolute Gasteiger partial charge is 0.417 e. The van der Waals surface area contributed by atoms with Crippen molar-refractivity contribution in [2.24, 2.45) is 5.92 Å². The van der Waals surface area contributed by atoms with Gasteiger partial charge < -0.3 is 9.47 Å². The van der Waals surface area contributed by atoms with Crippen LogP contribution >= 0.6 is 0 Å². The second-order valence-corrected chi connectivity index (χ2v) is 3.56. The van der Waals surface area contributed by atoms with Crippen molar-refractivity contribution in [3.8, 4) is 0 Å². The van der Waals surface area contributed by atoms with Crippen molar-refractivity contribution in [1.29, 1.82) is 0 Å². The lowest BCUT2D eigenvalue weighted by Gasteiger charge is -2.16. The first-order valence-electron chi connectivity index (χ1n) is 4.80. The lowest BCUT2D eigenvalue weighted by atomic mass is 10.0. The van der Waals surface area contributed by atoms with Crippen molar-refractivity contribution in [1.82, 2.24) is 0 Å². The van der Waals surface area contributed by atoms with E-state index in [2.05, 4.69) is 4.74 Å². The van der Waals surface area contributed by atoms with Gasteiger partial charge in [0.15, 0.2) is 0 Å². The van der Waals surface area contributed by atoms with Crippen molar-refractivity contribution in [2.45, 2.75) is 39.7 Å². The molecule has 14 heavy (non-hydrogen) atoms. The highest BCUT2D eigenvalue weighted by atomic mass is 16.6. The Balaban J connectivity index is 4.04. The summed E-state index contributed by atoms with van der Waals surface area (Å²) in [7, 11) is 1.16. The minimum Gasteiger partial charge on any atom is -0.461 e. The van der Waals surface area contributed by atoms with Crippen LogP contribution < -0.4 is 0 Å². The predicted octanol–water partition coefficient (Wildman–Crippen LogP) is 1.53. The highest BCUT2D eigenvalue weighted by Crippen LogP contribution is 2.11. The molecular weight excluding hydrogens is 184 g/mol. The lowest BCUT2D eigenvalue weighted by Crippen LogP contribution is -2.26. The second-order valence-electron chi connectivity index (χ2n) is 3.56. The first kappa shape index (κ1) is 12.9. The van der Waals surface area contributed by atoms with Crippen molar-refractivity contribution in [2.75, 3.05) is 7.11 Å². The van der Waals surface area contributed by atoms with Crippen LogP contribution in [0.15, 0.2) is 0 Å². The predicted molar refractivity (Wildman–Crippen MR) is 51.6 cm³/mol. The van der Waals surface area contributed by atoms with Gasteiger partial charge in [0.2, 0.25) is 0 Å². The highest BCUT2D eigenvalue weighted by molar-refractivity contribution is 6.29. The van der Waals surface area contributed by atoms with E-state index in [1.54, 1.807) is 0 Å². The van der Waals surface area contributed by atoms with E-state index < -0.39 is 11.9 Å². The number of methoxy groups -OCH3 is 1. The fourth-order valence-electron chi connectivity index (χ4n) is 1.11. The quantitative estimate of drug-likeness (QED) is 0.512. The molecule has 0 aromatic rings. The Morgan fingerprint density at radius 3 is 2.14 bits per heavy atom. The summed E-state index contributed by atoms with van der Waals surface area (Å²) < 4.78 is 9.20. The summed E-state index contributed by atoms with van der Waals surface area (Å²) in [4.78, 5) is 21.8. The van der Waals surface area contributed by atoms with Crippen LogP contribution in [0.5, 0.6) is 0 Å². The van der Waals surface area contributed by atoms with Crippen LogP contribution in [0.1, 0.15) is 33.6 Å². The molecule has 0 aliphatic rings. The number of ether oxygens (including phenoxy) is 2. The zero-order valence-corrected chi connectivity index (χ0v) is 9.20. The lowest BCUT2D eigenvalue weighted by molar-refractivity contribution is -0.169. The van der Waals surface area contributed by atoms with E-state index in [1.165, 1.54) is 0 Å². The number of carbonyl (C=O) groups excluding carboxylic acids is 2. The second kappa shape index (κ2) is 6.40. The molecule has 0 spiro atoms. The first-order valence-corrected chi connectivity index (χ1v) is 4.80. The summed E-state index contributed by atoms with van der Waals surface area (Å²) >= 11 is 0. The molecule has 4 nitrogen and oxygen atoms in total. The Kier molecular flexibility index (Phi) is 5.92. The van der Waals surface area contributed by atoms with E-state index >= 15 is 0 Å². The molecule has 0 aliphatic carbocycles. The minimum absolute atomic E-state index is 0.193. The summed E-state index contributed by atoms with van der Waals surface area (Å²) in [5, 5.41) is 0. The van der Waals surface area contributed by atoms with Crippen molar-refractivity contribution >= 4 is 11.9 Å². The number of hydrogen-bond acceptors (Lipinski definition) is 4. The molecule has 0 rings (SSSR count). The van der Waals surface area contributed by atoms with Gasteiger partial charge in [-0.3, -0.25) is 0 Å². The van der Waals surface area contributed by atoms with Crippen LogP contribution in [0.3, 0.4) is 0 Å². The topological polar surface area (TPSA) is 52.6 Å². The van der Waals surface area contributed by atoms with Gasteiger partial charge in [0.1, 0.15) is 6.10 Å². The van der Waals surface area contributed by atoms with Gasteiger partial charge in [0, 0.05) is 0 Å². The Morgan fingerprint density at radius 2 is 1.79 bits per heavy atom. The standard InChI is InChI=1S/C10H18O4/c1-5-8(6-7(2)3)14-10(12)9(11)13-4/h7-8H,5-6H2,1-4H3. The van der Waals surface area contributed by atoms with Gasteiger partial charge in [-0.25, -0.2) is 9.59 Å². The van der Waals surface area contributed by atoms with Gasteiger partial charge in [0.25, 0.3) is 0 Å². The molecule has 0 aliphatic heterocycles. The molecular formula is C10H18O4. The summed E-state index contributed by atoms with van der Waals surface area (Å²) in [6.45, 7) is 5.99. The number of carbonyl (C=O) groups is 2. The molecule has 0 N–H and O–H groups in total. The molecule has 0 saturated heterocycles. The zero-order chi connectivity index (χ0) is 11.1. The summed E-state index contributed by atoms with van der Waals surface area (Å²) in [5.74, 6) is -1.40. The van der Waals surface area contributed by atoms with E-state index in [1.807, 2.05) is 20.8 Å². The van der Waals surface area contributed by atoms with Gasteiger partial charge in [-0.1, -0.05) is 20.8 Å². The van der Waals surface area contributed by atoms with Gasteiger partial charge >= 0.3 is 11.9 Å². The summed E-state index contributed by atoms with van der Waals surface area (Å²) in [6.07, 6.45) is 1.28. The Labute approximate surface area is 84.6 Å². The van der Waals surface area contributed by atoms with Crippen molar-refractivity contribution < 1.29 is 19.1 Å². The van der Waals surface area contributed by atoms with Gasteiger partial charge in [-0.15, -0.1) is 0 Å². The number of rotatable bonds is 4. The highest BCUT2D eigenvalue weighted by Gasteiger charge is 2.20. The molecule has 4 heteroatoms. The molecule has 1 unspecified atom stereocenters. The molecule has 0 heterocycles. The maximum atomic E-state index is 11.0. The molecule has 82 valence electrons. The van der Waals surface area contributed by atoms with E-state index in [9.17, 15) is 9.59 Å². The van der Waals surface area contributed by atoms with Crippen LogP contribution in [0, 0.1) is 5.92 Å². The third-order valence-corrected chi connectivity index (χ3v) is 1.82. The summed E-state index contributed by atoms with van der Waals surface area (Å²) in [6, 6.07) is 0. The summed E-state index contributed by atoms with van der Waals surface area (Å²) in [5.41, 5.74) is 0. The van der Waals surface area contributed by atoms with E-state index in [4.69, 9.17) is 4.74 Å². The molecule has 0 bridgehead atoms.